The third-order valence-electron chi connectivity index (χ3n) is 3.69. The number of hydrogen-bond acceptors (Lipinski definition) is 6. The third-order valence-corrected chi connectivity index (χ3v) is 4.42. The second-order valence-electron chi connectivity index (χ2n) is 5.51. The van der Waals surface area contributed by atoms with Gasteiger partial charge in [-0.25, -0.2) is 27.9 Å². The maximum Gasteiger partial charge on any atom is 0.356 e. The van der Waals surface area contributed by atoms with E-state index < -0.39 is 16.0 Å². The number of aromatic nitrogens is 2. The van der Waals surface area contributed by atoms with Crippen molar-refractivity contribution in [2.75, 3.05) is 18.1 Å². The molecule has 0 aromatic carbocycles. The zero-order valence-electron chi connectivity index (χ0n) is 12.3. The smallest absolute Gasteiger partial charge is 0.356 e. The Morgan fingerprint density at radius 1 is 1.32 bits per heavy atom. The highest BCUT2D eigenvalue weighted by Crippen LogP contribution is 2.25. The van der Waals surface area contributed by atoms with Gasteiger partial charge in [0.1, 0.15) is 5.82 Å². The number of aromatic carboxylic acids is 1. The van der Waals surface area contributed by atoms with E-state index in [0.29, 0.717) is 12.4 Å². The monoisotopic (exact) mass is 328 g/mol. The Morgan fingerprint density at radius 2 is 2.05 bits per heavy atom. The molecule has 1 aromatic heterocycles. The van der Waals surface area contributed by atoms with Gasteiger partial charge in [0.05, 0.1) is 18.6 Å². The molecule has 1 heterocycles. The first kappa shape index (κ1) is 16.6. The molecule has 3 N–H and O–H groups in total. The number of sulfonamides is 1. The maximum absolute atomic E-state index is 11.4. The highest BCUT2D eigenvalue weighted by molar-refractivity contribution is 7.88. The Balaban J connectivity index is 1.94. The number of carboxylic acids is 1. The van der Waals surface area contributed by atoms with Crippen LogP contribution in [-0.4, -0.2) is 48.3 Å². The van der Waals surface area contributed by atoms with Crippen LogP contribution in [0.3, 0.4) is 0 Å². The van der Waals surface area contributed by atoms with E-state index in [2.05, 4.69) is 20.0 Å². The van der Waals surface area contributed by atoms with Gasteiger partial charge in [0.2, 0.25) is 10.0 Å². The van der Waals surface area contributed by atoms with Gasteiger partial charge in [-0.05, 0) is 18.8 Å². The number of nitrogens with zero attached hydrogens (tertiary/aromatic N) is 2. The van der Waals surface area contributed by atoms with Crippen LogP contribution in [0.15, 0.2) is 12.4 Å². The van der Waals surface area contributed by atoms with Crippen LogP contribution in [0.5, 0.6) is 0 Å². The van der Waals surface area contributed by atoms with Crippen molar-refractivity contribution in [2.45, 2.75) is 31.7 Å². The third kappa shape index (κ3) is 4.92. The van der Waals surface area contributed by atoms with Crippen LogP contribution < -0.4 is 10.0 Å². The van der Waals surface area contributed by atoms with E-state index in [1.54, 1.807) is 0 Å². The van der Waals surface area contributed by atoms with Crippen LogP contribution in [0.25, 0.3) is 0 Å². The molecule has 22 heavy (non-hydrogen) atoms. The molecule has 9 heteroatoms. The number of hydrogen-bond donors (Lipinski definition) is 3. The quantitative estimate of drug-likeness (QED) is 0.702. The summed E-state index contributed by atoms with van der Waals surface area (Å²) >= 11 is 0. The van der Waals surface area contributed by atoms with Gasteiger partial charge in [-0.1, -0.05) is 12.8 Å². The van der Waals surface area contributed by atoms with E-state index in [4.69, 9.17) is 5.11 Å². The zero-order chi connectivity index (χ0) is 16.2. The van der Waals surface area contributed by atoms with Gasteiger partial charge in [0.15, 0.2) is 5.69 Å². The summed E-state index contributed by atoms with van der Waals surface area (Å²) in [6.45, 7) is 0.564. The topological polar surface area (TPSA) is 121 Å². The normalized spacial score (nSPS) is 22.2. The van der Waals surface area contributed by atoms with E-state index in [-0.39, 0.29) is 17.7 Å². The van der Waals surface area contributed by atoms with Crippen molar-refractivity contribution in [2.24, 2.45) is 5.92 Å². The molecular weight excluding hydrogens is 308 g/mol. The van der Waals surface area contributed by atoms with Crippen molar-refractivity contribution in [3.63, 3.8) is 0 Å². The molecule has 0 spiro atoms. The fraction of sp³-hybridized carbons (Fsp3) is 0.615. The summed E-state index contributed by atoms with van der Waals surface area (Å²) in [5.41, 5.74) is -0.111. The highest BCUT2D eigenvalue weighted by Gasteiger charge is 2.27. The lowest BCUT2D eigenvalue weighted by Gasteiger charge is -2.31. The second-order valence-corrected chi connectivity index (χ2v) is 7.29. The van der Waals surface area contributed by atoms with Gasteiger partial charge in [-0.3, -0.25) is 0 Å². The Labute approximate surface area is 129 Å². The van der Waals surface area contributed by atoms with Crippen LogP contribution in [0, 0.1) is 5.92 Å². The first-order valence-electron chi connectivity index (χ1n) is 7.11. The summed E-state index contributed by atoms with van der Waals surface area (Å²) in [5, 5.41) is 11.9. The van der Waals surface area contributed by atoms with Crippen LogP contribution in [-0.2, 0) is 10.0 Å². The Kier molecular flexibility index (Phi) is 5.30. The number of carbonyl (C=O) groups is 1. The van der Waals surface area contributed by atoms with E-state index in [1.165, 1.54) is 18.6 Å². The lowest BCUT2D eigenvalue weighted by molar-refractivity contribution is 0.0690. The molecule has 1 fully saturated rings. The molecule has 0 amide bonds. The summed E-state index contributed by atoms with van der Waals surface area (Å²) < 4.78 is 25.5. The van der Waals surface area contributed by atoms with Gasteiger partial charge in [0, 0.05) is 12.6 Å². The lowest BCUT2D eigenvalue weighted by atomic mass is 9.85. The number of nitrogens with one attached hydrogen (secondary N) is 2. The maximum atomic E-state index is 11.4. The Hall–Kier alpha value is -1.74. The van der Waals surface area contributed by atoms with Crippen molar-refractivity contribution in [1.29, 1.82) is 0 Å². The first-order chi connectivity index (χ1) is 10.3. The molecular formula is C13H20N4O4S. The van der Waals surface area contributed by atoms with Crippen LogP contribution in [0.4, 0.5) is 5.82 Å². The Morgan fingerprint density at radius 3 is 2.64 bits per heavy atom. The van der Waals surface area contributed by atoms with E-state index in [0.717, 1.165) is 25.7 Å². The molecule has 0 aliphatic heterocycles. The second kappa shape index (κ2) is 7.01. The molecule has 2 unspecified atom stereocenters. The number of anilines is 1. The van der Waals surface area contributed by atoms with Gasteiger partial charge in [-0.2, -0.15) is 0 Å². The number of rotatable bonds is 6. The van der Waals surface area contributed by atoms with Crippen molar-refractivity contribution < 1.29 is 18.3 Å². The summed E-state index contributed by atoms with van der Waals surface area (Å²) in [4.78, 5) is 18.5. The molecule has 0 radical (unpaired) electrons. The minimum Gasteiger partial charge on any atom is -0.476 e. The molecule has 1 aliphatic rings. The summed E-state index contributed by atoms with van der Waals surface area (Å²) in [5.74, 6) is -0.471. The van der Waals surface area contributed by atoms with Gasteiger partial charge < -0.3 is 10.4 Å². The van der Waals surface area contributed by atoms with E-state index in [1.807, 2.05) is 0 Å². The van der Waals surface area contributed by atoms with E-state index in [9.17, 15) is 13.2 Å². The summed E-state index contributed by atoms with van der Waals surface area (Å²) in [6, 6.07) is -0.0810. The average Bonchev–Trinajstić information content (AvgIpc) is 2.45. The van der Waals surface area contributed by atoms with Crippen molar-refractivity contribution in [3.05, 3.63) is 18.1 Å². The van der Waals surface area contributed by atoms with Crippen LogP contribution in [0.1, 0.15) is 36.2 Å². The van der Waals surface area contributed by atoms with Crippen molar-refractivity contribution in [3.8, 4) is 0 Å². The van der Waals surface area contributed by atoms with Crippen molar-refractivity contribution in [1.82, 2.24) is 14.7 Å². The molecule has 2 rings (SSSR count). The first-order valence-corrected chi connectivity index (χ1v) is 9.01. The van der Waals surface area contributed by atoms with Gasteiger partial charge in [-0.15, -0.1) is 0 Å². The van der Waals surface area contributed by atoms with E-state index >= 15 is 0 Å². The van der Waals surface area contributed by atoms with Crippen LogP contribution >= 0.6 is 0 Å². The molecule has 0 saturated heterocycles. The minimum absolute atomic E-state index is 0.0810. The van der Waals surface area contributed by atoms with Gasteiger partial charge >= 0.3 is 5.97 Å². The summed E-state index contributed by atoms with van der Waals surface area (Å²) in [6.07, 6.45) is 7.56. The molecule has 1 aromatic rings. The standard InChI is InChI=1S/C13H20N4O4S/c1-22(20,21)17-10-5-3-2-4-9(10)6-15-12-8-14-11(7-16-12)13(18)19/h7-10,17H,2-6H2,1H3,(H,15,16)(H,18,19). The molecule has 8 nitrogen and oxygen atoms in total. The fourth-order valence-electron chi connectivity index (χ4n) is 2.65. The van der Waals surface area contributed by atoms with Crippen LogP contribution in [0.2, 0.25) is 0 Å². The predicted octanol–water partition coefficient (Wildman–Crippen LogP) is 0.695. The lowest BCUT2D eigenvalue weighted by Crippen LogP contribution is -2.44. The summed E-state index contributed by atoms with van der Waals surface area (Å²) in [7, 11) is -3.23. The van der Waals surface area contributed by atoms with Crippen molar-refractivity contribution >= 4 is 21.8 Å². The average molecular weight is 328 g/mol. The molecule has 1 saturated carbocycles. The van der Waals surface area contributed by atoms with Gasteiger partial charge in [0.25, 0.3) is 0 Å². The molecule has 122 valence electrons. The SMILES string of the molecule is CS(=O)(=O)NC1CCCCC1CNc1cnc(C(=O)O)cn1. The minimum atomic E-state index is -3.23. The molecule has 1 aliphatic carbocycles. The fourth-order valence-corrected chi connectivity index (χ4v) is 3.51. The zero-order valence-corrected chi connectivity index (χ0v) is 13.1. The predicted molar refractivity (Wildman–Crippen MR) is 81.2 cm³/mol. The largest absolute Gasteiger partial charge is 0.476 e. The number of carboxylic acid groups (broad SMARTS) is 1. The highest BCUT2D eigenvalue weighted by atomic mass is 32.2. The molecule has 2 atom stereocenters. The Bertz CT molecular complexity index is 617. The molecule has 0 bridgehead atoms.